The van der Waals surface area contributed by atoms with Crippen LogP contribution < -0.4 is 14.8 Å². The van der Waals surface area contributed by atoms with Crippen molar-refractivity contribution in [1.82, 2.24) is 4.98 Å². The number of nitriles is 1. The van der Waals surface area contributed by atoms with Crippen molar-refractivity contribution < 1.29 is 14.3 Å². The minimum absolute atomic E-state index is 0.0827. The number of fused-ring (bicyclic) bond motifs is 2. The topological polar surface area (TPSA) is 84.2 Å². The van der Waals surface area contributed by atoms with E-state index in [-0.39, 0.29) is 5.91 Å². The molecule has 144 valence electrons. The minimum Gasteiger partial charge on any atom is -0.486 e. The first-order valence-electron chi connectivity index (χ1n) is 9.48. The molecule has 0 spiro atoms. The van der Waals surface area contributed by atoms with Gasteiger partial charge in [-0.2, -0.15) is 5.26 Å². The van der Waals surface area contributed by atoms with Crippen LogP contribution in [0.15, 0.2) is 29.3 Å². The third-order valence-corrected chi connectivity index (χ3v) is 5.77. The number of hydrogen-bond acceptors (Lipinski definition) is 6. The van der Waals surface area contributed by atoms with Gasteiger partial charge < -0.3 is 14.8 Å². The summed E-state index contributed by atoms with van der Waals surface area (Å²) in [7, 11) is 0. The Bertz CT molecular complexity index is 939. The number of ether oxygens (including phenoxy) is 2. The van der Waals surface area contributed by atoms with Crippen LogP contribution in [0, 0.1) is 11.3 Å². The third-order valence-electron chi connectivity index (χ3n) is 4.78. The number of rotatable bonds is 5. The van der Waals surface area contributed by atoms with Gasteiger partial charge in [0.2, 0.25) is 5.91 Å². The lowest BCUT2D eigenvalue weighted by Gasteiger charge is -2.19. The molecule has 2 heterocycles. The number of aromatic nitrogens is 1. The summed E-state index contributed by atoms with van der Waals surface area (Å²) in [6.07, 6.45) is 4.61. The van der Waals surface area contributed by atoms with Crippen molar-refractivity contribution in [2.24, 2.45) is 0 Å². The molecule has 1 aliphatic carbocycles. The van der Waals surface area contributed by atoms with Gasteiger partial charge in [0, 0.05) is 29.6 Å². The zero-order valence-corrected chi connectivity index (χ0v) is 16.3. The van der Waals surface area contributed by atoms with Crippen LogP contribution in [-0.2, 0) is 17.6 Å². The zero-order valence-electron chi connectivity index (χ0n) is 15.5. The average Bonchev–Trinajstić information content (AvgIpc) is 2.73. The van der Waals surface area contributed by atoms with Crippen LogP contribution in [0.3, 0.4) is 0 Å². The van der Waals surface area contributed by atoms with E-state index in [1.54, 1.807) is 18.2 Å². The van der Waals surface area contributed by atoms with Crippen molar-refractivity contribution in [2.75, 3.05) is 24.3 Å². The van der Waals surface area contributed by atoms with Gasteiger partial charge in [0.1, 0.15) is 24.3 Å². The molecule has 0 radical (unpaired) electrons. The van der Waals surface area contributed by atoms with E-state index in [1.807, 2.05) is 6.07 Å². The quantitative estimate of drug-likeness (QED) is 0.777. The molecule has 2 aromatic rings. The molecule has 7 heteroatoms. The highest BCUT2D eigenvalue weighted by atomic mass is 32.2. The molecular formula is C21H21N3O3S. The number of carbonyl (C=O) groups is 1. The van der Waals surface area contributed by atoms with E-state index in [2.05, 4.69) is 11.4 Å². The van der Waals surface area contributed by atoms with E-state index >= 15 is 0 Å². The van der Waals surface area contributed by atoms with Gasteiger partial charge in [-0.3, -0.25) is 4.79 Å². The number of carbonyl (C=O) groups excluding carboxylic acids is 1. The van der Waals surface area contributed by atoms with Gasteiger partial charge in [-0.05, 0) is 49.4 Å². The normalized spacial score (nSPS) is 14.7. The Morgan fingerprint density at radius 3 is 2.86 bits per heavy atom. The molecule has 0 saturated heterocycles. The lowest BCUT2D eigenvalue weighted by atomic mass is 9.95. The van der Waals surface area contributed by atoms with Gasteiger partial charge in [-0.25, -0.2) is 4.98 Å². The maximum atomic E-state index is 12.3. The summed E-state index contributed by atoms with van der Waals surface area (Å²) in [4.78, 5) is 17.0. The van der Waals surface area contributed by atoms with Crippen LogP contribution in [0.1, 0.15) is 36.1 Å². The number of nitrogens with zero attached hydrogens (tertiary/aromatic N) is 2. The molecule has 4 rings (SSSR count). The highest BCUT2D eigenvalue weighted by molar-refractivity contribution is 7.99. The summed E-state index contributed by atoms with van der Waals surface area (Å²) in [5.74, 6) is 1.83. The van der Waals surface area contributed by atoms with Crippen LogP contribution in [0.5, 0.6) is 11.5 Å². The average molecular weight is 395 g/mol. The maximum absolute atomic E-state index is 12.3. The summed E-state index contributed by atoms with van der Waals surface area (Å²) in [5, 5.41) is 13.0. The Hall–Kier alpha value is -2.72. The number of aryl methyl sites for hydroxylation is 2. The van der Waals surface area contributed by atoms with Crippen LogP contribution >= 0.6 is 11.8 Å². The Morgan fingerprint density at radius 1 is 1.18 bits per heavy atom. The van der Waals surface area contributed by atoms with Gasteiger partial charge in [-0.1, -0.05) is 0 Å². The lowest BCUT2D eigenvalue weighted by Crippen LogP contribution is -2.16. The molecule has 0 unspecified atom stereocenters. The first kappa shape index (κ1) is 18.6. The van der Waals surface area contributed by atoms with Crippen LogP contribution in [0.4, 0.5) is 5.69 Å². The number of thioether (sulfide) groups is 1. The smallest absolute Gasteiger partial charge is 0.225 e. The second kappa shape index (κ2) is 8.53. The van der Waals surface area contributed by atoms with E-state index in [0.29, 0.717) is 48.1 Å². The van der Waals surface area contributed by atoms with Crippen molar-refractivity contribution in [1.29, 1.82) is 5.26 Å². The van der Waals surface area contributed by atoms with E-state index < -0.39 is 0 Å². The monoisotopic (exact) mass is 395 g/mol. The Balaban J connectivity index is 1.34. The summed E-state index contributed by atoms with van der Waals surface area (Å²) in [6, 6.07) is 9.59. The van der Waals surface area contributed by atoms with Gasteiger partial charge in [0.05, 0.1) is 5.56 Å². The Morgan fingerprint density at radius 2 is 2.00 bits per heavy atom. The molecule has 0 bridgehead atoms. The predicted octanol–water partition coefficient (Wildman–Crippen LogP) is 3.72. The number of pyridine rings is 1. The number of anilines is 1. The molecule has 0 atom stereocenters. The summed E-state index contributed by atoms with van der Waals surface area (Å²) in [6.45, 7) is 1.05. The van der Waals surface area contributed by atoms with Crippen LogP contribution in [0.2, 0.25) is 0 Å². The summed E-state index contributed by atoms with van der Waals surface area (Å²) >= 11 is 1.47. The fraction of sp³-hybridized carbons (Fsp3) is 0.381. The van der Waals surface area contributed by atoms with Crippen molar-refractivity contribution in [3.63, 3.8) is 0 Å². The second-order valence-electron chi connectivity index (χ2n) is 6.77. The van der Waals surface area contributed by atoms with Crippen molar-refractivity contribution in [2.45, 2.75) is 37.1 Å². The molecular weight excluding hydrogens is 374 g/mol. The number of nitrogens with one attached hydrogen (secondary N) is 1. The van der Waals surface area contributed by atoms with Gasteiger partial charge >= 0.3 is 0 Å². The molecule has 1 N–H and O–H groups in total. The first-order valence-corrected chi connectivity index (χ1v) is 10.5. The molecule has 0 fully saturated rings. The van der Waals surface area contributed by atoms with E-state index in [9.17, 15) is 10.1 Å². The third kappa shape index (κ3) is 4.23. The number of amides is 1. The molecule has 1 aromatic carbocycles. The van der Waals surface area contributed by atoms with Crippen molar-refractivity contribution in [3.05, 3.63) is 41.1 Å². The van der Waals surface area contributed by atoms with Gasteiger partial charge in [0.25, 0.3) is 0 Å². The maximum Gasteiger partial charge on any atom is 0.225 e. The predicted molar refractivity (Wildman–Crippen MR) is 107 cm³/mol. The lowest BCUT2D eigenvalue weighted by molar-refractivity contribution is -0.115. The molecule has 1 amide bonds. The SMILES string of the molecule is N#Cc1cc2c(nc1SCCC(=O)Nc1ccc3c(c1)OCCO3)CCCC2. The van der Waals surface area contributed by atoms with E-state index in [1.165, 1.54) is 17.3 Å². The van der Waals surface area contributed by atoms with Crippen LogP contribution in [0.25, 0.3) is 0 Å². The Labute approximate surface area is 168 Å². The van der Waals surface area contributed by atoms with Gasteiger partial charge in [-0.15, -0.1) is 11.8 Å². The summed E-state index contributed by atoms with van der Waals surface area (Å²) in [5.41, 5.74) is 3.60. The zero-order chi connectivity index (χ0) is 19.3. The largest absolute Gasteiger partial charge is 0.486 e. The molecule has 1 aromatic heterocycles. The van der Waals surface area contributed by atoms with Crippen molar-refractivity contribution in [3.8, 4) is 17.6 Å². The molecule has 1 aliphatic heterocycles. The minimum atomic E-state index is -0.0827. The number of benzene rings is 1. The standard InChI is InChI=1S/C21H21N3O3S/c22-13-15-11-14-3-1-2-4-17(14)24-21(15)28-10-7-20(25)23-16-5-6-18-19(12-16)27-9-8-26-18/h5-6,11-12H,1-4,7-10H2,(H,23,25). The fourth-order valence-corrected chi connectivity index (χ4v) is 4.31. The first-order chi connectivity index (χ1) is 13.7. The highest BCUT2D eigenvalue weighted by Crippen LogP contribution is 2.33. The van der Waals surface area contributed by atoms with Crippen molar-refractivity contribution >= 4 is 23.4 Å². The molecule has 0 saturated carbocycles. The Kier molecular flexibility index (Phi) is 5.68. The number of hydrogen-bond donors (Lipinski definition) is 1. The fourth-order valence-electron chi connectivity index (χ4n) is 3.39. The van der Waals surface area contributed by atoms with E-state index in [0.717, 1.165) is 36.4 Å². The second-order valence-corrected chi connectivity index (χ2v) is 7.85. The van der Waals surface area contributed by atoms with E-state index in [4.69, 9.17) is 14.5 Å². The van der Waals surface area contributed by atoms with Crippen LogP contribution in [-0.4, -0.2) is 29.9 Å². The summed E-state index contributed by atoms with van der Waals surface area (Å²) < 4.78 is 11.0. The molecule has 6 nitrogen and oxygen atoms in total. The molecule has 2 aliphatic rings. The highest BCUT2D eigenvalue weighted by Gasteiger charge is 2.16. The molecule has 28 heavy (non-hydrogen) atoms. The van der Waals surface area contributed by atoms with Gasteiger partial charge in [0.15, 0.2) is 11.5 Å².